The molecule has 0 aliphatic heterocycles. The Bertz CT molecular complexity index is 1110. The average Bonchev–Trinajstić information content (AvgIpc) is 2.67. The zero-order valence-corrected chi connectivity index (χ0v) is 14.0. The highest BCUT2D eigenvalue weighted by atomic mass is 16.5. The molecule has 0 atom stereocenters. The molecule has 0 saturated heterocycles. The lowest BCUT2D eigenvalue weighted by Gasteiger charge is -2.14. The molecule has 0 bridgehead atoms. The van der Waals surface area contributed by atoms with Crippen LogP contribution < -0.4 is 4.74 Å². The van der Waals surface area contributed by atoms with Crippen molar-refractivity contribution < 1.29 is 24.5 Å². The van der Waals surface area contributed by atoms with Crippen molar-refractivity contribution in [3.63, 3.8) is 0 Å². The first-order valence-electron chi connectivity index (χ1n) is 8.24. The smallest absolute Gasteiger partial charge is 0.340 e. The molecule has 0 fully saturated rings. The molecule has 132 valence electrons. The summed E-state index contributed by atoms with van der Waals surface area (Å²) in [5.74, 6) is -2.09. The molecule has 2 N–H and O–H groups in total. The maximum Gasteiger partial charge on any atom is 0.340 e. The van der Waals surface area contributed by atoms with E-state index in [0.29, 0.717) is 10.8 Å². The van der Waals surface area contributed by atoms with Crippen molar-refractivity contribution in [2.75, 3.05) is 0 Å². The standard InChI is InChI=1S/C22H14O5/c23-21(24)19-15-7-3-1-5-13(15)9-11-17(19)27-18-12-10-14-6-2-4-8-16(14)20(18)22(25)26/h1-12H,(H,23,24)(H,25,26). The van der Waals surface area contributed by atoms with Gasteiger partial charge in [0, 0.05) is 0 Å². The summed E-state index contributed by atoms with van der Waals surface area (Å²) in [6.07, 6.45) is 0. The van der Waals surface area contributed by atoms with Crippen molar-refractivity contribution in [2.24, 2.45) is 0 Å². The number of aromatic carboxylic acids is 2. The number of carbonyl (C=O) groups is 2. The van der Waals surface area contributed by atoms with E-state index in [-0.39, 0.29) is 22.6 Å². The summed E-state index contributed by atoms with van der Waals surface area (Å²) in [5.41, 5.74) is -0.00445. The zero-order chi connectivity index (χ0) is 19.0. The maximum atomic E-state index is 11.9. The number of hydrogen-bond acceptors (Lipinski definition) is 3. The summed E-state index contributed by atoms with van der Waals surface area (Å²) < 4.78 is 5.82. The van der Waals surface area contributed by atoms with Crippen molar-refractivity contribution in [3.8, 4) is 11.5 Å². The van der Waals surface area contributed by atoms with Crippen LogP contribution in [0.3, 0.4) is 0 Å². The van der Waals surface area contributed by atoms with Crippen LogP contribution in [-0.2, 0) is 0 Å². The van der Waals surface area contributed by atoms with E-state index in [9.17, 15) is 19.8 Å². The van der Waals surface area contributed by atoms with Crippen LogP contribution in [0.1, 0.15) is 20.7 Å². The molecular weight excluding hydrogens is 344 g/mol. The fraction of sp³-hybridized carbons (Fsp3) is 0. The van der Waals surface area contributed by atoms with Crippen LogP contribution in [0, 0.1) is 0 Å². The SMILES string of the molecule is O=C(O)c1c(Oc2ccc3ccccc3c2C(=O)O)ccc2ccccc12. The molecule has 4 aromatic carbocycles. The number of fused-ring (bicyclic) bond motifs is 2. The van der Waals surface area contributed by atoms with Gasteiger partial charge in [-0.2, -0.15) is 0 Å². The Morgan fingerprint density at radius 2 is 1.00 bits per heavy atom. The van der Waals surface area contributed by atoms with Crippen molar-refractivity contribution in [1.82, 2.24) is 0 Å². The molecule has 0 heterocycles. The Morgan fingerprint density at radius 3 is 1.41 bits per heavy atom. The lowest BCUT2D eigenvalue weighted by atomic mass is 10.0. The third-order valence-electron chi connectivity index (χ3n) is 4.43. The molecule has 0 saturated carbocycles. The van der Waals surface area contributed by atoms with Gasteiger partial charge in [-0.3, -0.25) is 0 Å². The van der Waals surface area contributed by atoms with E-state index in [1.165, 1.54) is 0 Å². The van der Waals surface area contributed by atoms with Crippen molar-refractivity contribution in [2.45, 2.75) is 0 Å². The van der Waals surface area contributed by atoms with Crippen LogP contribution >= 0.6 is 0 Å². The number of carboxylic acid groups (broad SMARTS) is 2. The van der Waals surface area contributed by atoms with Crippen LogP contribution in [0.15, 0.2) is 72.8 Å². The third-order valence-corrected chi connectivity index (χ3v) is 4.43. The molecule has 5 heteroatoms. The summed E-state index contributed by atoms with van der Waals surface area (Å²) in [6, 6.07) is 20.7. The van der Waals surface area contributed by atoms with Crippen molar-refractivity contribution >= 4 is 33.5 Å². The largest absolute Gasteiger partial charge is 0.478 e. The predicted octanol–water partition coefficient (Wildman–Crippen LogP) is 5.18. The van der Waals surface area contributed by atoms with Gasteiger partial charge in [0.2, 0.25) is 0 Å². The minimum absolute atomic E-state index is 0.00222. The average molecular weight is 358 g/mol. The van der Waals surface area contributed by atoms with E-state index in [2.05, 4.69) is 0 Å². The quantitative estimate of drug-likeness (QED) is 0.525. The Morgan fingerprint density at radius 1 is 0.593 bits per heavy atom. The molecule has 27 heavy (non-hydrogen) atoms. The van der Waals surface area contributed by atoms with E-state index in [4.69, 9.17) is 4.74 Å². The Hall–Kier alpha value is -3.86. The Labute approximate surface area is 154 Å². The van der Waals surface area contributed by atoms with Gasteiger partial charge in [-0.05, 0) is 33.7 Å². The van der Waals surface area contributed by atoms with Gasteiger partial charge in [-0.1, -0.05) is 60.7 Å². The zero-order valence-electron chi connectivity index (χ0n) is 14.0. The molecular formula is C22H14O5. The van der Waals surface area contributed by atoms with Gasteiger partial charge < -0.3 is 14.9 Å². The van der Waals surface area contributed by atoms with E-state index in [1.54, 1.807) is 48.5 Å². The summed E-state index contributed by atoms with van der Waals surface area (Å²) in [4.78, 5) is 23.7. The second-order valence-corrected chi connectivity index (χ2v) is 6.03. The molecule has 0 aliphatic carbocycles. The second-order valence-electron chi connectivity index (χ2n) is 6.03. The molecule has 0 aliphatic rings. The van der Waals surface area contributed by atoms with Crippen molar-refractivity contribution in [1.29, 1.82) is 0 Å². The first kappa shape index (κ1) is 16.6. The Kier molecular flexibility index (Phi) is 3.97. The molecule has 0 spiro atoms. The normalized spacial score (nSPS) is 10.8. The highest BCUT2D eigenvalue weighted by molar-refractivity contribution is 6.08. The molecule has 0 unspecified atom stereocenters. The monoisotopic (exact) mass is 358 g/mol. The molecule has 5 nitrogen and oxygen atoms in total. The molecule has 4 rings (SSSR count). The van der Waals surface area contributed by atoms with Crippen LogP contribution in [0.25, 0.3) is 21.5 Å². The fourth-order valence-corrected chi connectivity index (χ4v) is 3.23. The van der Waals surface area contributed by atoms with Crippen molar-refractivity contribution in [3.05, 3.63) is 83.9 Å². The number of carboxylic acids is 2. The summed E-state index contributed by atoms with van der Waals surface area (Å²) in [6.45, 7) is 0. The van der Waals surface area contributed by atoms with Crippen LogP contribution in [0.4, 0.5) is 0 Å². The fourth-order valence-electron chi connectivity index (χ4n) is 3.23. The van der Waals surface area contributed by atoms with Gasteiger partial charge in [0.15, 0.2) is 0 Å². The van der Waals surface area contributed by atoms with Gasteiger partial charge in [-0.15, -0.1) is 0 Å². The minimum Gasteiger partial charge on any atom is -0.478 e. The molecule has 0 radical (unpaired) electrons. The van der Waals surface area contributed by atoms with Gasteiger partial charge in [0.25, 0.3) is 0 Å². The number of benzene rings is 4. The number of ether oxygens (including phenoxy) is 1. The van der Waals surface area contributed by atoms with Gasteiger partial charge in [0.1, 0.15) is 22.6 Å². The topological polar surface area (TPSA) is 83.8 Å². The summed E-state index contributed by atoms with van der Waals surface area (Å²) in [7, 11) is 0. The summed E-state index contributed by atoms with van der Waals surface area (Å²) >= 11 is 0. The first-order valence-corrected chi connectivity index (χ1v) is 8.24. The molecule has 0 aromatic heterocycles. The minimum atomic E-state index is -1.14. The maximum absolute atomic E-state index is 11.9. The molecule has 0 amide bonds. The highest BCUT2D eigenvalue weighted by Gasteiger charge is 2.20. The summed E-state index contributed by atoms with van der Waals surface area (Å²) in [5, 5.41) is 22.0. The van der Waals surface area contributed by atoms with Crippen LogP contribution in [0.2, 0.25) is 0 Å². The third kappa shape index (κ3) is 2.85. The highest BCUT2D eigenvalue weighted by Crippen LogP contribution is 2.35. The lowest BCUT2D eigenvalue weighted by molar-refractivity contribution is 0.0689. The van der Waals surface area contributed by atoms with Gasteiger partial charge >= 0.3 is 11.9 Å². The Balaban J connectivity index is 1.93. The predicted molar refractivity (Wildman–Crippen MR) is 102 cm³/mol. The number of hydrogen-bond donors (Lipinski definition) is 2. The van der Waals surface area contributed by atoms with E-state index < -0.39 is 11.9 Å². The lowest BCUT2D eigenvalue weighted by Crippen LogP contribution is -2.05. The van der Waals surface area contributed by atoms with E-state index in [1.807, 2.05) is 24.3 Å². The first-order chi connectivity index (χ1) is 13.1. The van der Waals surface area contributed by atoms with E-state index >= 15 is 0 Å². The van der Waals surface area contributed by atoms with Gasteiger partial charge in [-0.25, -0.2) is 9.59 Å². The van der Waals surface area contributed by atoms with Gasteiger partial charge in [0.05, 0.1) is 0 Å². The van der Waals surface area contributed by atoms with Crippen LogP contribution in [0.5, 0.6) is 11.5 Å². The van der Waals surface area contributed by atoms with E-state index in [0.717, 1.165) is 10.8 Å². The number of rotatable bonds is 4. The molecule has 4 aromatic rings. The second kappa shape index (κ2) is 6.46. The van der Waals surface area contributed by atoms with Crippen LogP contribution in [-0.4, -0.2) is 22.2 Å².